The van der Waals surface area contributed by atoms with Crippen LogP contribution in [0.15, 0.2) is 47.3 Å². The molecule has 0 bridgehead atoms. The average Bonchev–Trinajstić information content (AvgIpc) is 3.16. The van der Waals surface area contributed by atoms with Crippen molar-refractivity contribution in [2.24, 2.45) is 0 Å². The van der Waals surface area contributed by atoms with E-state index in [9.17, 15) is 9.59 Å². The van der Waals surface area contributed by atoms with Crippen molar-refractivity contribution in [1.29, 1.82) is 0 Å². The fourth-order valence-electron chi connectivity index (χ4n) is 3.28. The summed E-state index contributed by atoms with van der Waals surface area (Å²) in [5, 5.41) is 3.81. The Labute approximate surface area is 168 Å². The Balaban J connectivity index is 1.37. The van der Waals surface area contributed by atoms with E-state index in [4.69, 9.17) is 9.47 Å². The third kappa shape index (κ3) is 4.16. The van der Waals surface area contributed by atoms with E-state index in [1.807, 2.05) is 44.2 Å². The van der Waals surface area contributed by atoms with Gasteiger partial charge in [0.25, 0.3) is 5.56 Å². The topological polar surface area (TPSA) is 80.4 Å². The van der Waals surface area contributed by atoms with Crippen LogP contribution in [-0.2, 0) is 11.2 Å². The van der Waals surface area contributed by atoms with E-state index in [0.717, 1.165) is 22.0 Å². The first-order chi connectivity index (χ1) is 14.0. The predicted octanol–water partition coefficient (Wildman–Crippen LogP) is 3.25. The molecule has 3 aromatic rings. The minimum absolute atomic E-state index is 0.120. The van der Waals surface area contributed by atoms with E-state index in [1.165, 1.54) is 11.6 Å². The minimum atomic E-state index is -0.216. The van der Waals surface area contributed by atoms with Crippen molar-refractivity contribution in [3.8, 4) is 11.5 Å². The molecule has 6 heteroatoms. The lowest BCUT2D eigenvalue weighted by molar-refractivity contribution is -0.116. The first-order valence-electron chi connectivity index (χ1n) is 9.48. The second kappa shape index (κ2) is 7.83. The molecule has 148 valence electrons. The zero-order valence-electron chi connectivity index (χ0n) is 16.4. The summed E-state index contributed by atoms with van der Waals surface area (Å²) in [6.07, 6.45) is 3.64. The normalized spacial score (nSPS) is 12.6. The number of aryl methyl sites for hydroxylation is 2. The molecule has 0 atom stereocenters. The van der Waals surface area contributed by atoms with Crippen LogP contribution in [0.2, 0.25) is 0 Å². The Hall–Kier alpha value is -3.54. The number of pyridine rings is 1. The van der Waals surface area contributed by atoms with Gasteiger partial charge in [0.1, 0.15) is 0 Å². The Morgan fingerprint density at radius 2 is 1.90 bits per heavy atom. The van der Waals surface area contributed by atoms with Crippen molar-refractivity contribution in [3.63, 3.8) is 0 Å². The van der Waals surface area contributed by atoms with Crippen molar-refractivity contribution >= 4 is 22.9 Å². The highest BCUT2D eigenvalue weighted by Gasteiger charge is 2.12. The van der Waals surface area contributed by atoms with Crippen LogP contribution in [0.1, 0.15) is 22.3 Å². The number of fused-ring (bicyclic) bond motifs is 2. The van der Waals surface area contributed by atoms with E-state index in [-0.39, 0.29) is 18.3 Å². The maximum absolute atomic E-state index is 12.3. The monoisotopic (exact) mass is 390 g/mol. The molecule has 2 N–H and O–H groups in total. The van der Waals surface area contributed by atoms with Gasteiger partial charge in [0.05, 0.1) is 0 Å². The van der Waals surface area contributed by atoms with Crippen molar-refractivity contribution in [2.75, 3.05) is 13.3 Å². The van der Waals surface area contributed by atoms with Gasteiger partial charge in [-0.05, 0) is 78.8 Å². The van der Waals surface area contributed by atoms with Crippen molar-refractivity contribution in [2.45, 2.75) is 20.3 Å². The Kier molecular flexibility index (Phi) is 5.08. The summed E-state index contributed by atoms with van der Waals surface area (Å²) in [6.45, 7) is 4.67. The summed E-state index contributed by atoms with van der Waals surface area (Å²) >= 11 is 0. The fraction of sp³-hybridized carbons (Fsp3) is 0.217. The Bertz CT molecular complexity index is 1180. The summed E-state index contributed by atoms with van der Waals surface area (Å²) in [4.78, 5) is 27.3. The zero-order valence-corrected chi connectivity index (χ0v) is 16.4. The van der Waals surface area contributed by atoms with Gasteiger partial charge >= 0.3 is 0 Å². The molecular weight excluding hydrogens is 368 g/mol. The van der Waals surface area contributed by atoms with Gasteiger partial charge in [-0.1, -0.05) is 6.07 Å². The number of aromatic nitrogens is 1. The van der Waals surface area contributed by atoms with Crippen LogP contribution in [0.5, 0.6) is 11.5 Å². The minimum Gasteiger partial charge on any atom is -0.454 e. The average molecular weight is 390 g/mol. The molecule has 4 rings (SSSR count). The lowest BCUT2D eigenvalue weighted by Gasteiger charge is -2.07. The summed E-state index contributed by atoms with van der Waals surface area (Å²) in [5.74, 6) is 1.16. The highest BCUT2D eigenvalue weighted by Crippen LogP contribution is 2.32. The largest absolute Gasteiger partial charge is 0.454 e. The van der Waals surface area contributed by atoms with E-state index in [2.05, 4.69) is 16.4 Å². The fourth-order valence-corrected chi connectivity index (χ4v) is 3.28. The molecule has 6 nitrogen and oxygen atoms in total. The highest BCUT2D eigenvalue weighted by atomic mass is 16.7. The quantitative estimate of drug-likeness (QED) is 0.656. The van der Waals surface area contributed by atoms with E-state index < -0.39 is 0 Å². The van der Waals surface area contributed by atoms with E-state index in [1.54, 1.807) is 6.08 Å². The predicted molar refractivity (Wildman–Crippen MR) is 112 cm³/mol. The second-order valence-electron chi connectivity index (χ2n) is 7.13. The Morgan fingerprint density at radius 1 is 1.10 bits per heavy atom. The highest BCUT2D eigenvalue weighted by molar-refractivity contribution is 5.91. The number of amides is 1. The molecule has 0 aliphatic carbocycles. The van der Waals surface area contributed by atoms with Gasteiger partial charge < -0.3 is 19.8 Å². The molecule has 1 aromatic heterocycles. The maximum Gasteiger partial charge on any atom is 0.251 e. The van der Waals surface area contributed by atoms with Gasteiger partial charge in [-0.3, -0.25) is 9.59 Å². The van der Waals surface area contributed by atoms with Gasteiger partial charge in [0, 0.05) is 23.7 Å². The van der Waals surface area contributed by atoms with Gasteiger partial charge in [-0.15, -0.1) is 0 Å². The number of ether oxygens (including phenoxy) is 2. The van der Waals surface area contributed by atoms with Gasteiger partial charge in [0.2, 0.25) is 12.7 Å². The number of aromatic amines is 1. The molecule has 0 saturated heterocycles. The summed E-state index contributed by atoms with van der Waals surface area (Å²) in [6, 6.07) is 11.4. The van der Waals surface area contributed by atoms with Crippen LogP contribution in [0.4, 0.5) is 0 Å². The SMILES string of the molecule is Cc1cc2cc(CCNC(=O)/C=C/c3ccc4c(c3)OCO4)c(=O)[nH]c2cc1C. The Morgan fingerprint density at radius 3 is 2.76 bits per heavy atom. The number of hydrogen-bond donors (Lipinski definition) is 2. The molecule has 1 amide bonds. The second-order valence-corrected chi connectivity index (χ2v) is 7.13. The lowest BCUT2D eigenvalue weighted by Crippen LogP contribution is -2.25. The summed E-state index contributed by atoms with van der Waals surface area (Å²) in [7, 11) is 0. The van der Waals surface area contributed by atoms with Gasteiger partial charge in [0.15, 0.2) is 11.5 Å². The number of benzene rings is 2. The van der Waals surface area contributed by atoms with Crippen LogP contribution in [0.25, 0.3) is 17.0 Å². The third-order valence-electron chi connectivity index (χ3n) is 5.05. The molecule has 2 aromatic carbocycles. The van der Waals surface area contributed by atoms with Crippen molar-refractivity contribution in [3.05, 3.63) is 75.1 Å². The first-order valence-corrected chi connectivity index (χ1v) is 9.48. The van der Waals surface area contributed by atoms with Crippen LogP contribution in [-0.4, -0.2) is 24.2 Å². The van der Waals surface area contributed by atoms with Crippen LogP contribution in [0, 0.1) is 13.8 Å². The number of H-pyrrole nitrogens is 1. The molecule has 0 spiro atoms. The van der Waals surface area contributed by atoms with E-state index >= 15 is 0 Å². The molecular formula is C23H22N2O4. The standard InChI is InChI=1S/C23H22N2O4/c1-14-9-18-12-17(23(27)25-19(18)10-15(14)2)7-8-24-22(26)6-4-16-3-5-20-21(11-16)29-13-28-20/h3-6,9-12H,7-8,13H2,1-2H3,(H,24,26)(H,25,27)/b6-4+. The van der Waals surface area contributed by atoms with Crippen molar-refractivity contribution < 1.29 is 14.3 Å². The molecule has 0 saturated carbocycles. The molecule has 1 aliphatic heterocycles. The molecule has 29 heavy (non-hydrogen) atoms. The summed E-state index contributed by atoms with van der Waals surface area (Å²) < 4.78 is 10.6. The number of rotatable bonds is 5. The van der Waals surface area contributed by atoms with Crippen LogP contribution in [0.3, 0.4) is 0 Å². The van der Waals surface area contributed by atoms with E-state index in [0.29, 0.717) is 30.0 Å². The van der Waals surface area contributed by atoms with Gasteiger partial charge in [-0.25, -0.2) is 0 Å². The molecule has 0 radical (unpaired) electrons. The number of nitrogens with one attached hydrogen (secondary N) is 2. The smallest absolute Gasteiger partial charge is 0.251 e. The van der Waals surface area contributed by atoms with Gasteiger partial charge in [-0.2, -0.15) is 0 Å². The number of hydrogen-bond acceptors (Lipinski definition) is 4. The molecule has 0 unspecified atom stereocenters. The number of carbonyl (C=O) groups is 1. The van der Waals surface area contributed by atoms with Crippen molar-refractivity contribution in [1.82, 2.24) is 10.3 Å². The molecule has 0 fully saturated rings. The summed E-state index contributed by atoms with van der Waals surface area (Å²) in [5.41, 5.74) is 4.53. The van der Waals surface area contributed by atoms with Crippen LogP contribution < -0.4 is 20.3 Å². The maximum atomic E-state index is 12.3. The first kappa shape index (κ1) is 18.8. The lowest BCUT2D eigenvalue weighted by atomic mass is 10.0. The van der Waals surface area contributed by atoms with Crippen LogP contribution >= 0.6 is 0 Å². The number of carbonyl (C=O) groups excluding carboxylic acids is 1. The molecule has 1 aliphatic rings. The third-order valence-corrected chi connectivity index (χ3v) is 5.05. The zero-order chi connectivity index (χ0) is 20.4. The molecule has 2 heterocycles.